The summed E-state index contributed by atoms with van der Waals surface area (Å²) < 4.78 is 5.64. The lowest BCUT2D eigenvalue weighted by molar-refractivity contribution is 0.195. The van der Waals surface area contributed by atoms with Crippen molar-refractivity contribution in [1.82, 2.24) is 0 Å². The molecule has 0 bridgehead atoms. The lowest BCUT2D eigenvalue weighted by atomic mass is 10.2. The van der Waals surface area contributed by atoms with E-state index in [1.165, 1.54) is 0 Å². The van der Waals surface area contributed by atoms with Gasteiger partial charge in [-0.25, -0.2) is 0 Å². The van der Waals surface area contributed by atoms with Gasteiger partial charge in [0.1, 0.15) is 5.76 Å². The first-order valence-electron chi connectivity index (χ1n) is 5.71. The first-order chi connectivity index (χ1) is 7.41. The van der Waals surface area contributed by atoms with Crippen LogP contribution < -0.4 is 5.73 Å². The van der Waals surface area contributed by atoms with Crippen LogP contribution in [0.5, 0.6) is 0 Å². The van der Waals surface area contributed by atoms with Gasteiger partial charge in [0.2, 0.25) is 0 Å². The molecule has 0 radical (unpaired) electrons. The van der Waals surface area contributed by atoms with E-state index < -0.39 is 0 Å². The number of nitrogens with two attached hydrogens (primary N) is 1. The minimum Gasteiger partial charge on any atom is -0.492 e. The Kier molecular flexibility index (Phi) is 7.34. The molecule has 0 amide bonds. The normalized spacial score (nSPS) is 14.2. The van der Waals surface area contributed by atoms with Crippen molar-refractivity contribution in [3.63, 3.8) is 0 Å². The van der Waals surface area contributed by atoms with Gasteiger partial charge >= 0.3 is 0 Å². The molecule has 0 rings (SSSR count). The highest BCUT2D eigenvalue weighted by Crippen LogP contribution is 2.05. The van der Waals surface area contributed by atoms with Crippen LogP contribution in [-0.2, 0) is 4.74 Å². The number of allylic oxidation sites excluding steroid dienone is 3. The van der Waals surface area contributed by atoms with E-state index in [4.69, 9.17) is 10.5 Å². The standard InChI is InChI=1S/C13H24N2O/c1-10(2)6-13(16-9-11(3)4)8-15-7-12(5)14/h6-8,10-11H,9,14H2,1-5H3/b12-7-,13-6+,15-8+. The number of hydrogen-bond donors (Lipinski definition) is 1. The Bertz CT molecular complexity index is 272. The number of rotatable bonds is 6. The molecule has 0 aliphatic carbocycles. The van der Waals surface area contributed by atoms with Gasteiger partial charge in [-0.3, -0.25) is 4.99 Å². The van der Waals surface area contributed by atoms with Crippen LogP contribution in [0.25, 0.3) is 0 Å². The fourth-order valence-electron chi connectivity index (χ4n) is 0.948. The molecule has 0 unspecified atom stereocenters. The molecule has 3 nitrogen and oxygen atoms in total. The van der Waals surface area contributed by atoms with Gasteiger partial charge in [-0.05, 0) is 24.8 Å². The van der Waals surface area contributed by atoms with Crippen molar-refractivity contribution in [3.8, 4) is 0 Å². The zero-order valence-electron chi connectivity index (χ0n) is 11.0. The molecule has 0 aliphatic heterocycles. The summed E-state index contributed by atoms with van der Waals surface area (Å²) >= 11 is 0. The molecule has 0 saturated carbocycles. The zero-order valence-corrected chi connectivity index (χ0v) is 11.0. The van der Waals surface area contributed by atoms with Crippen LogP contribution >= 0.6 is 0 Å². The first kappa shape index (κ1) is 14.8. The highest BCUT2D eigenvalue weighted by atomic mass is 16.5. The van der Waals surface area contributed by atoms with Crippen molar-refractivity contribution < 1.29 is 4.74 Å². The molecule has 0 saturated heterocycles. The fraction of sp³-hybridized carbons (Fsp3) is 0.615. The Hall–Kier alpha value is -1.25. The fourth-order valence-corrected chi connectivity index (χ4v) is 0.948. The van der Waals surface area contributed by atoms with Gasteiger partial charge in [0.05, 0.1) is 12.8 Å². The van der Waals surface area contributed by atoms with E-state index in [2.05, 4.69) is 32.7 Å². The average Bonchev–Trinajstić information content (AvgIpc) is 2.12. The Morgan fingerprint density at radius 3 is 2.38 bits per heavy atom. The maximum atomic E-state index is 5.64. The third-order valence-corrected chi connectivity index (χ3v) is 1.56. The molecular weight excluding hydrogens is 200 g/mol. The van der Waals surface area contributed by atoms with Gasteiger partial charge in [0.15, 0.2) is 0 Å². The van der Waals surface area contributed by atoms with E-state index in [-0.39, 0.29) is 0 Å². The second-order valence-electron chi connectivity index (χ2n) is 4.67. The predicted octanol–water partition coefficient (Wildman–Crippen LogP) is 3.09. The van der Waals surface area contributed by atoms with Crippen molar-refractivity contribution in [2.45, 2.75) is 34.6 Å². The molecule has 0 aromatic heterocycles. The summed E-state index contributed by atoms with van der Waals surface area (Å²) in [4.78, 5) is 4.10. The Morgan fingerprint density at radius 2 is 1.94 bits per heavy atom. The summed E-state index contributed by atoms with van der Waals surface area (Å²) in [6, 6.07) is 0. The highest BCUT2D eigenvalue weighted by Gasteiger charge is 1.99. The second kappa shape index (κ2) is 7.97. The molecule has 92 valence electrons. The Morgan fingerprint density at radius 1 is 1.31 bits per heavy atom. The molecule has 2 N–H and O–H groups in total. The summed E-state index contributed by atoms with van der Waals surface area (Å²) in [5.74, 6) is 1.76. The van der Waals surface area contributed by atoms with Crippen molar-refractivity contribution in [3.05, 3.63) is 23.7 Å². The Balaban J connectivity index is 4.44. The third-order valence-electron chi connectivity index (χ3n) is 1.56. The smallest absolute Gasteiger partial charge is 0.133 e. The van der Waals surface area contributed by atoms with Crippen LogP contribution in [-0.4, -0.2) is 12.8 Å². The average molecular weight is 224 g/mol. The van der Waals surface area contributed by atoms with E-state index >= 15 is 0 Å². The molecule has 0 fully saturated rings. The molecule has 0 aromatic rings. The minimum absolute atomic E-state index is 0.441. The van der Waals surface area contributed by atoms with Gasteiger partial charge in [-0.2, -0.15) is 0 Å². The largest absolute Gasteiger partial charge is 0.492 e. The maximum absolute atomic E-state index is 5.64. The van der Waals surface area contributed by atoms with E-state index in [0.717, 1.165) is 5.76 Å². The lowest BCUT2D eigenvalue weighted by Gasteiger charge is -2.09. The summed E-state index contributed by atoms with van der Waals surface area (Å²) in [7, 11) is 0. The second-order valence-corrected chi connectivity index (χ2v) is 4.67. The van der Waals surface area contributed by atoms with Crippen LogP contribution in [0.3, 0.4) is 0 Å². The highest BCUT2D eigenvalue weighted by molar-refractivity contribution is 5.76. The van der Waals surface area contributed by atoms with Crippen LogP contribution in [0, 0.1) is 11.8 Å². The summed E-state index contributed by atoms with van der Waals surface area (Å²) in [6.45, 7) is 11.0. The Labute approximate surface area is 99.1 Å². The maximum Gasteiger partial charge on any atom is 0.133 e. The molecular formula is C13H24N2O. The molecule has 0 aromatic carbocycles. The predicted molar refractivity (Wildman–Crippen MR) is 70.1 cm³/mol. The minimum atomic E-state index is 0.441. The van der Waals surface area contributed by atoms with E-state index in [9.17, 15) is 0 Å². The molecule has 0 heterocycles. The summed E-state index contributed by atoms with van der Waals surface area (Å²) in [5.41, 5.74) is 6.17. The summed E-state index contributed by atoms with van der Waals surface area (Å²) in [6.07, 6.45) is 5.37. The van der Waals surface area contributed by atoms with Crippen molar-refractivity contribution >= 4 is 6.21 Å². The van der Waals surface area contributed by atoms with Gasteiger partial charge < -0.3 is 10.5 Å². The number of nitrogens with zero attached hydrogens (tertiary/aromatic N) is 1. The molecule has 16 heavy (non-hydrogen) atoms. The zero-order chi connectivity index (χ0) is 12.6. The molecule has 3 heteroatoms. The monoisotopic (exact) mass is 224 g/mol. The molecule has 0 aliphatic rings. The summed E-state index contributed by atoms with van der Waals surface area (Å²) in [5, 5.41) is 0. The van der Waals surface area contributed by atoms with Crippen molar-refractivity contribution in [1.29, 1.82) is 0 Å². The molecule has 0 atom stereocenters. The van der Waals surface area contributed by atoms with Gasteiger partial charge in [0.25, 0.3) is 0 Å². The lowest BCUT2D eigenvalue weighted by Crippen LogP contribution is -2.03. The van der Waals surface area contributed by atoms with E-state index in [1.807, 2.05) is 6.08 Å². The van der Waals surface area contributed by atoms with Crippen molar-refractivity contribution in [2.75, 3.05) is 6.61 Å². The number of hydrogen-bond acceptors (Lipinski definition) is 3. The van der Waals surface area contributed by atoms with Crippen LogP contribution in [0.1, 0.15) is 34.6 Å². The third kappa shape index (κ3) is 9.31. The van der Waals surface area contributed by atoms with Gasteiger partial charge in [-0.1, -0.05) is 27.7 Å². The topological polar surface area (TPSA) is 47.6 Å². The van der Waals surface area contributed by atoms with Crippen LogP contribution in [0.15, 0.2) is 28.7 Å². The van der Waals surface area contributed by atoms with Crippen LogP contribution in [0.2, 0.25) is 0 Å². The number of aliphatic imine (C=N–C) groups is 1. The van der Waals surface area contributed by atoms with E-state index in [1.54, 1.807) is 19.3 Å². The first-order valence-corrected chi connectivity index (χ1v) is 5.71. The quantitative estimate of drug-likeness (QED) is 0.556. The van der Waals surface area contributed by atoms with Crippen LogP contribution in [0.4, 0.5) is 0 Å². The SMILES string of the molecule is C/C(N)=C/N=C/C(=C\C(C)C)OCC(C)C. The van der Waals surface area contributed by atoms with Crippen molar-refractivity contribution in [2.24, 2.45) is 22.6 Å². The van der Waals surface area contributed by atoms with Gasteiger partial charge in [0, 0.05) is 11.9 Å². The number of ether oxygens (including phenoxy) is 1. The molecule has 0 spiro atoms. The van der Waals surface area contributed by atoms with Gasteiger partial charge in [-0.15, -0.1) is 0 Å². The van der Waals surface area contributed by atoms with E-state index in [0.29, 0.717) is 24.1 Å².